The molecule has 0 bridgehead atoms. The number of benzene rings is 3. The Balaban J connectivity index is 1.97. The van der Waals surface area contributed by atoms with Crippen molar-refractivity contribution in [3.05, 3.63) is 83.2 Å². The highest BCUT2D eigenvalue weighted by atomic mass is 16.1. The standard InChI is InChI=1S/C20H13N3O/c24-19-15-11-10-14(13-6-2-1-3-7-13)12-18(15)23-17-9-5-4-8-16(17)21-20(23)22-19/h1-12H,(H,21,22,24). The van der Waals surface area contributed by atoms with Gasteiger partial charge in [-0.2, -0.15) is 0 Å². The van der Waals surface area contributed by atoms with Gasteiger partial charge in [0, 0.05) is 0 Å². The summed E-state index contributed by atoms with van der Waals surface area (Å²) >= 11 is 0. The zero-order chi connectivity index (χ0) is 16.1. The van der Waals surface area contributed by atoms with Gasteiger partial charge in [-0.3, -0.25) is 14.2 Å². The van der Waals surface area contributed by atoms with Gasteiger partial charge >= 0.3 is 0 Å². The van der Waals surface area contributed by atoms with Crippen LogP contribution in [0.25, 0.3) is 38.8 Å². The highest BCUT2D eigenvalue weighted by Gasteiger charge is 2.11. The second-order valence-corrected chi connectivity index (χ2v) is 5.81. The molecule has 0 aliphatic rings. The third-order valence-corrected chi connectivity index (χ3v) is 4.38. The van der Waals surface area contributed by atoms with Gasteiger partial charge in [-0.1, -0.05) is 48.5 Å². The van der Waals surface area contributed by atoms with E-state index >= 15 is 0 Å². The van der Waals surface area contributed by atoms with E-state index in [1.807, 2.05) is 59.0 Å². The summed E-state index contributed by atoms with van der Waals surface area (Å²) in [5.41, 5.74) is 4.80. The molecule has 0 amide bonds. The summed E-state index contributed by atoms with van der Waals surface area (Å²) in [6.07, 6.45) is 0. The molecule has 0 atom stereocenters. The van der Waals surface area contributed by atoms with E-state index in [0.29, 0.717) is 11.2 Å². The lowest BCUT2D eigenvalue weighted by Crippen LogP contribution is -2.09. The molecule has 2 heterocycles. The van der Waals surface area contributed by atoms with Crippen molar-refractivity contribution < 1.29 is 0 Å². The lowest BCUT2D eigenvalue weighted by atomic mass is 10.0. The molecule has 2 aromatic heterocycles. The van der Waals surface area contributed by atoms with E-state index in [0.717, 1.165) is 27.7 Å². The molecule has 0 aliphatic heterocycles. The topological polar surface area (TPSA) is 50.2 Å². The predicted octanol–water partition coefficient (Wildman–Crippen LogP) is 4.00. The second-order valence-electron chi connectivity index (χ2n) is 5.81. The van der Waals surface area contributed by atoms with Crippen LogP contribution in [-0.4, -0.2) is 14.4 Å². The Bertz CT molecular complexity index is 1270. The first-order valence-corrected chi connectivity index (χ1v) is 7.80. The average Bonchev–Trinajstić information content (AvgIpc) is 3.00. The summed E-state index contributed by atoms with van der Waals surface area (Å²) in [6.45, 7) is 0. The van der Waals surface area contributed by atoms with Crippen molar-refractivity contribution in [2.24, 2.45) is 0 Å². The highest BCUT2D eigenvalue weighted by Crippen LogP contribution is 2.25. The number of nitrogens with zero attached hydrogens (tertiary/aromatic N) is 2. The summed E-state index contributed by atoms with van der Waals surface area (Å²) in [5.74, 6) is 0.568. The van der Waals surface area contributed by atoms with Gasteiger partial charge in [0.15, 0.2) is 0 Å². The number of nitrogens with one attached hydrogen (secondary N) is 1. The van der Waals surface area contributed by atoms with Crippen LogP contribution in [0.3, 0.4) is 0 Å². The lowest BCUT2D eigenvalue weighted by Gasteiger charge is -2.06. The lowest BCUT2D eigenvalue weighted by molar-refractivity contribution is 1.16. The number of rotatable bonds is 1. The monoisotopic (exact) mass is 311 g/mol. The van der Waals surface area contributed by atoms with E-state index in [4.69, 9.17) is 0 Å². The number of aromatic nitrogens is 3. The predicted molar refractivity (Wildman–Crippen MR) is 96.3 cm³/mol. The fraction of sp³-hybridized carbons (Fsp3) is 0. The maximum absolute atomic E-state index is 12.4. The van der Waals surface area contributed by atoms with E-state index in [9.17, 15) is 4.79 Å². The van der Waals surface area contributed by atoms with Crippen molar-refractivity contribution in [1.82, 2.24) is 14.4 Å². The molecular weight excluding hydrogens is 298 g/mol. The summed E-state index contributed by atoms with van der Waals surface area (Å²) in [6, 6.07) is 24.0. The van der Waals surface area contributed by atoms with Crippen LogP contribution in [0.4, 0.5) is 0 Å². The summed E-state index contributed by atoms with van der Waals surface area (Å²) < 4.78 is 2.01. The molecular formula is C20H13N3O. The number of H-pyrrole nitrogens is 1. The molecule has 114 valence electrons. The van der Waals surface area contributed by atoms with Crippen LogP contribution in [0.1, 0.15) is 0 Å². The molecule has 0 fully saturated rings. The van der Waals surface area contributed by atoms with Crippen LogP contribution in [-0.2, 0) is 0 Å². The SMILES string of the molecule is O=c1[nH]c2nc3ccccc3n2c2cc(-c3ccccc3)ccc12. The molecule has 0 saturated carbocycles. The van der Waals surface area contributed by atoms with Crippen molar-refractivity contribution in [1.29, 1.82) is 0 Å². The number of fused-ring (bicyclic) bond motifs is 5. The zero-order valence-electron chi connectivity index (χ0n) is 12.7. The number of aromatic amines is 1. The third kappa shape index (κ3) is 1.80. The highest BCUT2D eigenvalue weighted by molar-refractivity contribution is 5.91. The minimum atomic E-state index is -0.118. The normalized spacial score (nSPS) is 11.5. The minimum absolute atomic E-state index is 0.118. The quantitative estimate of drug-likeness (QED) is 0.509. The molecule has 4 nitrogen and oxygen atoms in total. The molecule has 0 saturated heterocycles. The van der Waals surface area contributed by atoms with E-state index in [1.54, 1.807) is 0 Å². The number of hydrogen-bond acceptors (Lipinski definition) is 2. The van der Waals surface area contributed by atoms with Crippen LogP contribution in [0.5, 0.6) is 0 Å². The molecule has 0 radical (unpaired) electrons. The number of para-hydroxylation sites is 2. The van der Waals surface area contributed by atoms with Crippen molar-refractivity contribution in [2.45, 2.75) is 0 Å². The fourth-order valence-corrected chi connectivity index (χ4v) is 3.24. The van der Waals surface area contributed by atoms with E-state index in [2.05, 4.69) is 28.2 Å². The zero-order valence-corrected chi connectivity index (χ0v) is 12.7. The van der Waals surface area contributed by atoms with Gasteiger partial charge in [-0.15, -0.1) is 0 Å². The Morgan fingerprint density at radius 1 is 0.792 bits per heavy atom. The van der Waals surface area contributed by atoms with Gasteiger partial charge in [0.2, 0.25) is 5.78 Å². The van der Waals surface area contributed by atoms with Gasteiger partial charge in [0.05, 0.1) is 21.9 Å². The van der Waals surface area contributed by atoms with E-state index in [1.165, 1.54) is 0 Å². The molecule has 24 heavy (non-hydrogen) atoms. The first kappa shape index (κ1) is 13.1. The molecule has 3 aromatic carbocycles. The van der Waals surface area contributed by atoms with Gasteiger partial charge in [-0.05, 0) is 35.4 Å². The van der Waals surface area contributed by atoms with Gasteiger partial charge in [0.25, 0.3) is 5.56 Å². The molecule has 0 aliphatic carbocycles. The van der Waals surface area contributed by atoms with Gasteiger partial charge in [0.1, 0.15) is 0 Å². The minimum Gasteiger partial charge on any atom is -0.291 e. The van der Waals surface area contributed by atoms with Crippen LogP contribution < -0.4 is 5.56 Å². The Morgan fingerprint density at radius 3 is 2.46 bits per heavy atom. The summed E-state index contributed by atoms with van der Waals surface area (Å²) in [4.78, 5) is 19.8. The van der Waals surface area contributed by atoms with Crippen LogP contribution in [0.15, 0.2) is 77.6 Å². The maximum atomic E-state index is 12.4. The number of imidazole rings is 1. The molecule has 5 aromatic rings. The number of hydrogen-bond donors (Lipinski definition) is 1. The summed E-state index contributed by atoms with van der Waals surface area (Å²) in [5, 5.41) is 0.658. The maximum Gasteiger partial charge on any atom is 0.260 e. The Labute approximate surface area is 137 Å². The molecule has 0 unspecified atom stereocenters. The van der Waals surface area contributed by atoms with E-state index < -0.39 is 0 Å². The van der Waals surface area contributed by atoms with Crippen molar-refractivity contribution >= 4 is 27.7 Å². The van der Waals surface area contributed by atoms with Gasteiger partial charge < -0.3 is 0 Å². The molecule has 4 heteroatoms. The molecule has 0 spiro atoms. The molecule has 5 rings (SSSR count). The van der Waals surface area contributed by atoms with E-state index in [-0.39, 0.29) is 5.56 Å². The summed E-state index contributed by atoms with van der Waals surface area (Å²) in [7, 11) is 0. The van der Waals surface area contributed by atoms with Crippen molar-refractivity contribution in [3.8, 4) is 11.1 Å². The van der Waals surface area contributed by atoms with Crippen LogP contribution in [0.2, 0.25) is 0 Å². The van der Waals surface area contributed by atoms with Crippen LogP contribution in [0, 0.1) is 0 Å². The third-order valence-electron chi connectivity index (χ3n) is 4.38. The van der Waals surface area contributed by atoms with Gasteiger partial charge in [-0.25, -0.2) is 4.98 Å². The Morgan fingerprint density at radius 2 is 1.58 bits per heavy atom. The smallest absolute Gasteiger partial charge is 0.260 e. The Hall–Kier alpha value is -3.40. The first-order valence-electron chi connectivity index (χ1n) is 7.80. The van der Waals surface area contributed by atoms with Crippen molar-refractivity contribution in [2.75, 3.05) is 0 Å². The molecule has 1 N–H and O–H groups in total. The van der Waals surface area contributed by atoms with Crippen molar-refractivity contribution in [3.63, 3.8) is 0 Å². The largest absolute Gasteiger partial charge is 0.291 e. The second kappa shape index (κ2) is 4.80. The first-order chi connectivity index (χ1) is 11.8. The average molecular weight is 311 g/mol. The fourth-order valence-electron chi connectivity index (χ4n) is 3.24. The Kier molecular flexibility index (Phi) is 2.61. The van der Waals surface area contributed by atoms with Crippen LogP contribution >= 0.6 is 0 Å².